The zero-order chi connectivity index (χ0) is 25.5. The van der Waals surface area contributed by atoms with E-state index in [1.807, 2.05) is 86.8 Å². The molecule has 7 heteroatoms. The van der Waals surface area contributed by atoms with E-state index in [1.54, 1.807) is 0 Å². The summed E-state index contributed by atoms with van der Waals surface area (Å²) >= 11 is 0. The molecule has 0 unspecified atom stereocenters. The Bertz CT molecular complexity index is 1620. The second-order valence-electron chi connectivity index (χ2n) is 10.5. The third-order valence-corrected chi connectivity index (χ3v) is 8.20. The van der Waals surface area contributed by atoms with Crippen molar-refractivity contribution in [1.29, 1.82) is 0 Å². The van der Waals surface area contributed by atoms with Crippen LogP contribution in [0.5, 0.6) is 0 Å². The molecule has 3 aliphatic rings. The highest BCUT2D eigenvalue weighted by molar-refractivity contribution is 6.25. The molecule has 3 N–H and O–H groups in total. The number of aryl methyl sites for hydroxylation is 2. The van der Waals surface area contributed by atoms with Crippen molar-refractivity contribution in [3.8, 4) is 0 Å². The van der Waals surface area contributed by atoms with Gasteiger partial charge >= 0.3 is 0 Å². The Balaban J connectivity index is 1.38. The Morgan fingerprint density at radius 1 is 0.892 bits per heavy atom. The molecule has 2 fully saturated rings. The lowest BCUT2D eigenvalue weighted by Crippen LogP contribution is -2.53. The Kier molecular flexibility index (Phi) is 4.54. The molecule has 184 valence electrons. The van der Waals surface area contributed by atoms with Gasteiger partial charge in [0.15, 0.2) is 0 Å². The fraction of sp³-hybridized carbons (Fsp3) is 0.233. The number of H-pyrrole nitrogens is 1. The van der Waals surface area contributed by atoms with Crippen molar-refractivity contribution < 1.29 is 14.4 Å². The van der Waals surface area contributed by atoms with Crippen LogP contribution in [0.1, 0.15) is 22.3 Å². The topological polar surface area (TPSA) is 94.3 Å². The van der Waals surface area contributed by atoms with Crippen molar-refractivity contribution in [3.63, 3.8) is 0 Å². The number of benzene rings is 3. The number of aromatic nitrogens is 1. The normalized spacial score (nSPS) is 26.3. The van der Waals surface area contributed by atoms with Gasteiger partial charge in [0, 0.05) is 34.4 Å². The quantitative estimate of drug-likeness (QED) is 0.379. The number of hydrogen-bond donors (Lipinski definition) is 3. The van der Waals surface area contributed by atoms with Gasteiger partial charge in [-0.05, 0) is 61.2 Å². The summed E-state index contributed by atoms with van der Waals surface area (Å²) in [5.41, 5.74) is 4.65. The summed E-state index contributed by atoms with van der Waals surface area (Å²) in [4.78, 5) is 46.6. The zero-order valence-electron chi connectivity index (χ0n) is 20.5. The summed E-state index contributed by atoms with van der Waals surface area (Å²) in [6.45, 7) is 3.90. The number of fused-ring (bicyclic) bond motifs is 5. The predicted molar refractivity (Wildman–Crippen MR) is 141 cm³/mol. The van der Waals surface area contributed by atoms with Gasteiger partial charge < -0.3 is 10.3 Å². The minimum atomic E-state index is -1.31. The van der Waals surface area contributed by atoms with Crippen molar-refractivity contribution in [3.05, 3.63) is 95.2 Å². The molecule has 3 aromatic carbocycles. The van der Waals surface area contributed by atoms with Crippen molar-refractivity contribution in [2.24, 2.45) is 11.8 Å². The molecule has 0 aliphatic carbocycles. The van der Waals surface area contributed by atoms with Crippen LogP contribution in [0.3, 0.4) is 0 Å². The van der Waals surface area contributed by atoms with Gasteiger partial charge in [0.1, 0.15) is 5.54 Å². The van der Waals surface area contributed by atoms with Crippen LogP contribution in [-0.2, 0) is 26.3 Å². The van der Waals surface area contributed by atoms with Crippen LogP contribution in [0.4, 0.5) is 11.4 Å². The van der Waals surface area contributed by atoms with E-state index >= 15 is 0 Å². The van der Waals surface area contributed by atoms with Crippen LogP contribution in [0.2, 0.25) is 0 Å². The summed E-state index contributed by atoms with van der Waals surface area (Å²) in [5, 5.41) is 7.58. The molecule has 0 saturated carbocycles. The maximum atomic E-state index is 14.2. The molecule has 1 aromatic heterocycles. The first-order valence-corrected chi connectivity index (χ1v) is 12.6. The number of para-hydroxylation sites is 2. The molecule has 0 bridgehead atoms. The van der Waals surface area contributed by atoms with Gasteiger partial charge in [0.2, 0.25) is 17.7 Å². The minimum Gasteiger partial charge on any atom is -0.361 e. The van der Waals surface area contributed by atoms with Gasteiger partial charge in [-0.15, -0.1) is 0 Å². The van der Waals surface area contributed by atoms with Crippen molar-refractivity contribution >= 4 is 40.0 Å². The molecule has 4 atom stereocenters. The number of imide groups is 1. The molecule has 0 radical (unpaired) electrons. The highest BCUT2D eigenvalue weighted by Crippen LogP contribution is 2.54. The summed E-state index contributed by atoms with van der Waals surface area (Å²) in [5.74, 6) is -2.40. The SMILES string of the molecule is Cc1cc(C)cc(N2C(=O)[C@H]3[C@@H](C2=O)[C@]2(N[C@@H]3Cc3c[nH]c4ccccc34)C(=O)Nc3ccccc32)c1. The summed E-state index contributed by atoms with van der Waals surface area (Å²) < 4.78 is 0. The highest BCUT2D eigenvalue weighted by atomic mass is 16.2. The summed E-state index contributed by atoms with van der Waals surface area (Å²) in [7, 11) is 0. The highest BCUT2D eigenvalue weighted by Gasteiger charge is 2.70. The Labute approximate surface area is 213 Å². The average Bonchev–Trinajstić information content (AvgIpc) is 3.57. The largest absolute Gasteiger partial charge is 0.361 e. The van der Waals surface area contributed by atoms with E-state index in [4.69, 9.17) is 0 Å². The van der Waals surface area contributed by atoms with Crippen molar-refractivity contribution in [1.82, 2.24) is 10.3 Å². The smallest absolute Gasteiger partial charge is 0.250 e. The summed E-state index contributed by atoms with van der Waals surface area (Å²) in [6.07, 6.45) is 2.46. The first-order valence-electron chi connectivity index (χ1n) is 12.6. The Morgan fingerprint density at radius 3 is 2.43 bits per heavy atom. The molecule has 37 heavy (non-hydrogen) atoms. The standard InChI is InChI=1S/C30H26N4O3/c1-16-11-17(2)13-19(12-16)34-27(35)25-24(14-18-15-31-22-9-5-3-7-20(18)22)33-30(26(25)28(34)36)21-8-4-6-10-23(21)32-29(30)37/h3-13,15,24-26,31,33H,14H2,1-2H3,(H,32,37)/t24-,25-,26+,30+/m1/s1. The van der Waals surface area contributed by atoms with Gasteiger partial charge in [0.05, 0.1) is 17.5 Å². The van der Waals surface area contributed by atoms with Crippen molar-refractivity contribution in [2.45, 2.75) is 31.8 Å². The fourth-order valence-corrected chi connectivity index (χ4v) is 6.80. The number of carbonyl (C=O) groups excluding carboxylic acids is 3. The number of anilines is 2. The molecule has 1 spiro atoms. The molecule has 7 nitrogen and oxygen atoms in total. The molecule has 3 aliphatic heterocycles. The molecule has 2 saturated heterocycles. The lowest BCUT2D eigenvalue weighted by molar-refractivity contribution is -0.130. The van der Waals surface area contributed by atoms with Crippen LogP contribution >= 0.6 is 0 Å². The second kappa shape index (κ2) is 7.63. The van der Waals surface area contributed by atoms with Crippen LogP contribution in [0.15, 0.2) is 72.9 Å². The lowest BCUT2D eigenvalue weighted by Gasteiger charge is -2.29. The number of amides is 3. The van der Waals surface area contributed by atoms with E-state index in [1.165, 1.54) is 4.90 Å². The number of nitrogens with one attached hydrogen (secondary N) is 3. The van der Waals surface area contributed by atoms with Crippen LogP contribution in [-0.4, -0.2) is 28.7 Å². The monoisotopic (exact) mass is 490 g/mol. The van der Waals surface area contributed by atoms with Crippen LogP contribution < -0.4 is 15.5 Å². The summed E-state index contributed by atoms with van der Waals surface area (Å²) in [6, 6.07) is 20.8. The van der Waals surface area contributed by atoms with Gasteiger partial charge in [-0.1, -0.05) is 42.5 Å². The molecule has 7 rings (SSSR count). The zero-order valence-corrected chi connectivity index (χ0v) is 20.5. The molecule has 4 aromatic rings. The molecular formula is C30H26N4O3. The minimum absolute atomic E-state index is 0.258. The van der Waals surface area contributed by atoms with Gasteiger partial charge in [-0.25, -0.2) is 4.90 Å². The number of hydrogen-bond acceptors (Lipinski definition) is 4. The van der Waals surface area contributed by atoms with Gasteiger partial charge in [-0.3, -0.25) is 19.7 Å². The predicted octanol–water partition coefficient (Wildman–Crippen LogP) is 3.95. The first kappa shape index (κ1) is 22.0. The van der Waals surface area contributed by atoms with Gasteiger partial charge in [-0.2, -0.15) is 0 Å². The third-order valence-electron chi connectivity index (χ3n) is 8.20. The maximum absolute atomic E-state index is 14.2. The van der Waals surface area contributed by atoms with E-state index in [0.717, 1.165) is 33.2 Å². The van der Waals surface area contributed by atoms with E-state index < -0.39 is 23.4 Å². The molecular weight excluding hydrogens is 464 g/mol. The number of aromatic amines is 1. The van der Waals surface area contributed by atoms with E-state index in [-0.39, 0.29) is 17.7 Å². The first-order chi connectivity index (χ1) is 17.9. The second-order valence-corrected chi connectivity index (χ2v) is 10.5. The number of rotatable bonds is 3. The van der Waals surface area contributed by atoms with E-state index in [2.05, 4.69) is 15.6 Å². The Morgan fingerprint density at radius 2 is 1.62 bits per heavy atom. The lowest BCUT2D eigenvalue weighted by atomic mass is 9.76. The van der Waals surface area contributed by atoms with E-state index in [9.17, 15) is 14.4 Å². The maximum Gasteiger partial charge on any atom is 0.250 e. The average molecular weight is 491 g/mol. The third kappa shape index (κ3) is 2.95. The van der Waals surface area contributed by atoms with Crippen LogP contribution in [0, 0.1) is 25.7 Å². The van der Waals surface area contributed by atoms with Crippen molar-refractivity contribution in [2.75, 3.05) is 10.2 Å². The number of nitrogens with zero attached hydrogens (tertiary/aromatic N) is 1. The molecule has 4 heterocycles. The fourth-order valence-electron chi connectivity index (χ4n) is 6.80. The Hall–Kier alpha value is -4.23. The molecule has 3 amide bonds. The van der Waals surface area contributed by atoms with Gasteiger partial charge in [0.25, 0.3) is 0 Å². The number of carbonyl (C=O) groups is 3. The van der Waals surface area contributed by atoms with Crippen LogP contribution in [0.25, 0.3) is 10.9 Å². The van der Waals surface area contributed by atoms with E-state index in [0.29, 0.717) is 17.8 Å².